The third-order valence-corrected chi connectivity index (χ3v) is 0. The molecule has 0 bridgehead atoms. The van der Waals surface area contributed by atoms with Gasteiger partial charge in [-0.25, -0.2) is 0 Å². The topological polar surface area (TPSA) is 80.9 Å². The number of hydrogen-bond acceptors (Lipinski definition) is 4. The van der Waals surface area contributed by atoms with E-state index >= 15 is 0 Å². The van der Waals surface area contributed by atoms with Crippen LogP contribution in [-0.2, 0) is 0 Å². The molecule has 0 saturated heterocycles. The third kappa shape index (κ3) is 162. The third-order valence-electron chi connectivity index (χ3n) is 0. The van der Waals surface area contributed by atoms with E-state index in [0.717, 1.165) is 0 Å². The van der Waals surface area contributed by atoms with E-state index < -0.39 is 9.05 Å². The van der Waals surface area contributed by atoms with Gasteiger partial charge in [-0.15, -0.1) is 0 Å². The molecule has 0 saturated carbocycles. The van der Waals surface area contributed by atoms with Crippen LogP contribution in [0, 0.1) is 7.43 Å². The fourth-order valence-corrected chi connectivity index (χ4v) is 0. The summed E-state index contributed by atoms with van der Waals surface area (Å²) >= 11 is 0. The summed E-state index contributed by atoms with van der Waals surface area (Å²) in [4.78, 5) is 29.3. The predicted octanol–water partition coefficient (Wildman–Crippen LogP) is -5.15. The molecule has 40 valence electrons. The molecule has 0 amide bonds. The second-order valence-corrected chi connectivity index (χ2v) is 1.80. The van der Waals surface area contributed by atoms with Gasteiger partial charge < -0.3 is 26.6 Å². The Bertz CT molecular complexity index is 27.2. The molecule has 0 radical (unpaired) electrons. The van der Waals surface area contributed by atoms with Crippen molar-refractivity contribution in [3.63, 3.8) is 0 Å². The Kier molecular flexibility index (Phi) is 11.7. The summed E-state index contributed by atoms with van der Waals surface area (Å²) in [7, 11) is -4.61. The zero-order valence-electron chi connectivity index (χ0n) is 4.29. The van der Waals surface area contributed by atoms with Crippen LogP contribution in [0.25, 0.3) is 0 Å². The van der Waals surface area contributed by atoms with Gasteiger partial charge in [0.25, 0.3) is 0 Å². The fraction of sp³-hybridized carbons (Fsp3) is 0. The average Bonchev–Trinajstić information content (AvgIpc) is 0.722. The van der Waals surface area contributed by atoms with Crippen LogP contribution in [0.3, 0.4) is 0 Å². The average molecular weight is 134 g/mol. The van der Waals surface area contributed by atoms with Crippen LogP contribution in [0.2, 0.25) is 0 Å². The molecule has 0 aliphatic heterocycles. The molecule has 0 aliphatic rings. The first-order valence-electron chi connectivity index (χ1n) is 0.894. The van der Waals surface area contributed by atoms with Crippen molar-refractivity contribution in [2.45, 2.75) is 0 Å². The van der Waals surface area contributed by atoms with Crippen LogP contribution in [0.4, 0.5) is 0 Å². The summed E-state index contributed by atoms with van der Waals surface area (Å²) in [6, 6.07) is 0. The SMILES string of the molecule is O[Si](O)(O)O.[CH3-].[Na+]. The van der Waals surface area contributed by atoms with E-state index in [-0.39, 0.29) is 37.0 Å². The molecule has 0 spiro atoms. The molecular weight excluding hydrogens is 127 g/mol. The van der Waals surface area contributed by atoms with E-state index in [9.17, 15) is 0 Å². The van der Waals surface area contributed by atoms with Crippen molar-refractivity contribution >= 4 is 9.05 Å². The quantitative estimate of drug-likeness (QED) is 0.197. The van der Waals surface area contributed by atoms with Gasteiger partial charge in [0.2, 0.25) is 0 Å². The van der Waals surface area contributed by atoms with Crippen molar-refractivity contribution in [1.82, 2.24) is 0 Å². The van der Waals surface area contributed by atoms with E-state index in [2.05, 4.69) is 0 Å². The van der Waals surface area contributed by atoms with E-state index in [1.54, 1.807) is 0 Å². The summed E-state index contributed by atoms with van der Waals surface area (Å²) in [6.45, 7) is 0. The van der Waals surface area contributed by atoms with Crippen molar-refractivity contribution in [1.29, 1.82) is 0 Å². The Morgan fingerprint density at radius 3 is 0.857 bits per heavy atom. The van der Waals surface area contributed by atoms with Gasteiger partial charge in [-0.3, -0.25) is 0 Å². The Morgan fingerprint density at radius 1 is 0.857 bits per heavy atom. The molecule has 0 rings (SSSR count). The van der Waals surface area contributed by atoms with Crippen molar-refractivity contribution in [3.05, 3.63) is 7.43 Å². The summed E-state index contributed by atoms with van der Waals surface area (Å²) in [5.41, 5.74) is 0. The van der Waals surface area contributed by atoms with Crippen molar-refractivity contribution < 1.29 is 48.7 Å². The summed E-state index contributed by atoms with van der Waals surface area (Å²) in [5.74, 6) is 0. The molecule has 0 heterocycles. The Labute approximate surface area is 65.2 Å². The van der Waals surface area contributed by atoms with Gasteiger partial charge in [-0.1, -0.05) is 0 Å². The minimum atomic E-state index is -4.61. The fourth-order valence-electron chi connectivity index (χ4n) is 0. The van der Waals surface area contributed by atoms with Crippen LogP contribution in [0.1, 0.15) is 0 Å². The van der Waals surface area contributed by atoms with E-state index in [4.69, 9.17) is 19.2 Å². The van der Waals surface area contributed by atoms with Crippen molar-refractivity contribution in [3.8, 4) is 0 Å². The molecule has 4 nitrogen and oxygen atoms in total. The van der Waals surface area contributed by atoms with E-state index in [1.165, 1.54) is 0 Å². The van der Waals surface area contributed by atoms with Crippen molar-refractivity contribution in [2.24, 2.45) is 0 Å². The second-order valence-electron chi connectivity index (χ2n) is 0.600. The van der Waals surface area contributed by atoms with Gasteiger partial charge in [-0.2, -0.15) is 0 Å². The minimum Gasteiger partial charge on any atom is -0.368 e. The molecule has 0 aromatic heterocycles. The zero-order chi connectivity index (χ0) is 4.50. The van der Waals surface area contributed by atoms with Crippen LogP contribution < -0.4 is 29.6 Å². The largest absolute Gasteiger partial charge is 1.00 e. The van der Waals surface area contributed by atoms with E-state index in [0.29, 0.717) is 0 Å². The normalized spacial score (nSPS) is 8.57. The van der Waals surface area contributed by atoms with Gasteiger partial charge in [0.15, 0.2) is 0 Å². The summed E-state index contributed by atoms with van der Waals surface area (Å²) in [5, 5.41) is 0. The van der Waals surface area contributed by atoms with Crippen LogP contribution in [0.15, 0.2) is 0 Å². The molecule has 0 aromatic rings. The van der Waals surface area contributed by atoms with E-state index in [1.807, 2.05) is 0 Å². The Hall–Kier alpha value is 1.06. The maximum absolute atomic E-state index is 7.33. The molecule has 4 N–H and O–H groups in total. The first kappa shape index (κ1) is 15.7. The van der Waals surface area contributed by atoms with Crippen molar-refractivity contribution in [2.75, 3.05) is 0 Å². The molecule has 0 unspecified atom stereocenters. The van der Waals surface area contributed by atoms with Crippen LogP contribution >= 0.6 is 0 Å². The predicted molar refractivity (Wildman–Crippen MR) is 21.0 cm³/mol. The molecule has 0 aromatic carbocycles. The maximum atomic E-state index is 7.33. The number of rotatable bonds is 0. The molecule has 0 atom stereocenters. The van der Waals surface area contributed by atoms with Crippen LogP contribution in [0.5, 0.6) is 0 Å². The van der Waals surface area contributed by atoms with Gasteiger partial charge in [0.05, 0.1) is 0 Å². The maximum Gasteiger partial charge on any atom is 1.00 e. The second kappa shape index (κ2) is 5.20. The standard InChI is InChI=1S/CH3.Na.H4O4Si/c;;1-5(2,3)4/h1H3;;1-4H/q-1;+1;. The minimum absolute atomic E-state index is 0. The first-order chi connectivity index (χ1) is 2.00. The molecule has 7 heavy (non-hydrogen) atoms. The summed E-state index contributed by atoms with van der Waals surface area (Å²) in [6.07, 6.45) is 0. The smallest absolute Gasteiger partial charge is 0.368 e. The number of hydrogen-bond donors (Lipinski definition) is 4. The van der Waals surface area contributed by atoms with Gasteiger partial charge >= 0.3 is 38.6 Å². The molecule has 0 aliphatic carbocycles. The Balaban J connectivity index is -0.0000000800. The molecular formula is CH7NaO4Si. The van der Waals surface area contributed by atoms with Crippen LogP contribution in [-0.4, -0.2) is 28.2 Å². The summed E-state index contributed by atoms with van der Waals surface area (Å²) < 4.78 is 0. The first-order valence-corrected chi connectivity index (χ1v) is 2.68. The van der Waals surface area contributed by atoms with Gasteiger partial charge in [0.1, 0.15) is 0 Å². The zero-order valence-corrected chi connectivity index (χ0v) is 7.29. The van der Waals surface area contributed by atoms with Gasteiger partial charge in [-0.05, 0) is 0 Å². The monoisotopic (exact) mass is 134 g/mol. The Morgan fingerprint density at radius 2 is 0.857 bits per heavy atom. The molecule has 6 heteroatoms. The molecule has 0 fully saturated rings. The van der Waals surface area contributed by atoms with Gasteiger partial charge in [0, 0.05) is 0 Å².